The summed E-state index contributed by atoms with van der Waals surface area (Å²) in [5.41, 5.74) is 1.78. The third-order valence-electron chi connectivity index (χ3n) is 6.27. The van der Waals surface area contributed by atoms with E-state index in [9.17, 15) is 14.7 Å². The predicted molar refractivity (Wildman–Crippen MR) is 120 cm³/mol. The molecule has 2 heterocycles. The van der Waals surface area contributed by atoms with Crippen LogP contribution in [0.15, 0.2) is 42.5 Å². The van der Waals surface area contributed by atoms with Crippen LogP contribution in [0, 0.1) is 0 Å². The standard InChI is InChI=1S/C24H29N3O5/c1-31-21-8-7-17(15-22(21)32-2)9-10-27-23(29)16-19(24(27)30)26-13-11-25(12-14-26)18-5-3-4-6-20(18)28/h3-8,15,19,28H,9-14,16H2,1-2H3/t19-/m0/s1. The second-order valence-electron chi connectivity index (χ2n) is 8.05. The van der Waals surface area contributed by atoms with Crippen LogP contribution in [0.25, 0.3) is 0 Å². The van der Waals surface area contributed by atoms with Gasteiger partial charge in [-0.05, 0) is 36.2 Å². The van der Waals surface area contributed by atoms with Crippen LogP contribution in [0.2, 0.25) is 0 Å². The molecular weight excluding hydrogens is 410 g/mol. The molecule has 170 valence electrons. The molecule has 0 unspecified atom stereocenters. The van der Waals surface area contributed by atoms with Gasteiger partial charge in [0.15, 0.2) is 11.5 Å². The first-order valence-electron chi connectivity index (χ1n) is 10.8. The maximum atomic E-state index is 13.0. The summed E-state index contributed by atoms with van der Waals surface area (Å²) in [5, 5.41) is 10.1. The average Bonchev–Trinajstić information content (AvgIpc) is 3.11. The van der Waals surface area contributed by atoms with Crippen LogP contribution in [0.5, 0.6) is 17.2 Å². The van der Waals surface area contributed by atoms with E-state index >= 15 is 0 Å². The van der Waals surface area contributed by atoms with Gasteiger partial charge in [-0.1, -0.05) is 18.2 Å². The fourth-order valence-corrected chi connectivity index (χ4v) is 4.47. The van der Waals surface area contributed by atoms with Crippen molar-refractivity contribution < 1.29 is 24.2 Å². The number of hydrogen-bond donors (Lipinski definition) is 1. The van der Waals surface area contributed by atoms with Gasteiger partial charge in [-0.3, -0.25) is 19.4 Å². The lowest BCUT2D eigenvalue weighted by atomic mass is 10.1. The summed E-state index contributed by atoms with van der Waals surface area (Å²) >= 11 is 0. The number of para-hydroxylation sites is 2. The molecule has 1 atom stereocenters. The molecule has 2 fully saturated rings. The molecule has 0 saturated carbocycles. The first-order valence-corrected chi connectivity index (χ1v) is 10.8. The zero-order valence-corrected chi connectivity index (χ0v) is 18.5. The molecule has 2 amide bonds. The van der Waals surface area contributed by atoms with Gasteiger partial charge in [-0.15, -0.1) is 0 Å². The number of anilines is 1. The van der Waals surface area contributed by atoms with E-state index in [1.54, 1.807) is 26.4 Å². The lowest BCUT2D eigenvalue weighted by Gasteiger charge is -2.38. The van der Waals surface area contributed by atoms with Crippen LogP contribution in [0.3, 0.4) is 0 Å². The Labute approximate surface area is 187 Å². The largest absolute Gasteiger partial charge is 0.506 e. The highest BCUT2D eigenvalue weighted by atomic mass is 16.5. The van der Waals surface area contributed by atoms with E-state index in [1.807, 2.05) is 30.3 Å². The van der Waals surface area contributed by atoms with Gasteiger partial charge in [0.1, 0.15) is 5.75 Å². The predicted octanol–water partition coefficient (Wildman–Crippen LogP) is 1.90. The average molecular weight is 440 g/mol. The van der Waals surface area contributed by atoms with Crippen molar-refractivity contribution in [2.75, 3.05) is 51.8 Å². The number of rotatable bonds is 7. The van der Waals surface area contributed by atoms with Crippen LogP contribution < -0.4 is 14.4 Å². The van der Waals surface area contributed by atoms with E-state index in [1.165, 1.54) is 4.90 Å². The minimum Gasteiger partial charge on any atom is -0.506 e. The molecule has 0 spiro atoms. The highest BCUT2D eigenvalue weighted by Gasteiger charge is 2.42. The number of phenolic OH excluding ortho intramolecular Hbond substituents is 1. The lowest BCUT2D eigenvalue weighted by Crippen LogP contribution is -2.52. The van der Waals surface area contributed by atoms with E-state index < -0.39 is 6.04 Å². The van der Waals surface area contributed by atoms with Crippen molar-refractivity contribution in [2.24, 2.45) is 0 Å². The quantitative estimate of drug-likeness (QED) is 0.660. The van der Waals surface area contributed by atoms with Gasteiger partial charge < -0.3 is 19.5 Å². The van der Waals surface area contributed by atoms with Gasteiger partial charge >= 0.3 is 0 Å². The minimum atomic E-state index is -0.403. The number of piperazine rings is 1. The number of methoxy groups -OCH3 is 2. The number of likely N-dealkylation sites (tertiary alicyclic amines) is 1. The van der Waals surface area contributed by atoms with Crippen molar-refractivity contribution in [3.63, 3.8) is 0 Å². The Morgan fingerprint density at radius 2 is 1.69 bits per heavy atom. The SMILES string of the molecule is COc1ccc(CCN2C(=O)C[C@H](N3CCN(c4ccccc4O)CC3)C2=O)cc1OC. The first-order chi connectivity index (χ1) is 15.5. The van der Waals surface area contributed by atoms with Gasteiger partial charge in [0.25, 0.3) is 0 Å². The number of amides is 2. The van der Waals surface area contributed by atoms with E-state index in [0.717, 1.165) is 11.3 Å². The van der Waals surface area contributed by atoms with Crippen LogP contribution in [-0.4, -0.2) is 79.7 Å². The molecule has 2 aromatic carbocycles. The number of benzene rings is 2. The van der Waals surface area contributed by atoms with Crippen molar-refractivity contribution >= 4 is 17.5 Å². The number of phenols is 1. The van der Waals surface area contributed by atoms with Crippen LogP contribution in [-0.2, 0) is 16.0 Å². The fourth-order valence-electron chi connectivity index (χ4n) is 4.47. The summed E-state index contributed by atoms with van der Waals surface area (Å²) in [5.74, 6) is 1.29. The second kappa shape index (κ2) is 9.48. The molecule has 2 aliphatic heterocycles. The molecule has 0 aliphatic carbocycles. The van der Waals surface area contributed by atoms with Crippen LogP contribution in [0.4, 0.5) is 5.69 Å². The number of imide groups is 1. The Kier molecular flexibility index (Phi) is 6.50. The molecule has 2 aromatic rings. The maximum Gasteiger partial charge on any atom is 0.247 e. The third-order valence-corrected chi connectivity index (χ3v) is 6.27. The molecule has 8 nitrogen and oxygen atoms in total. The van der Waals surface area contributed by atoms with Gasteiger partial charge in [0.2, 0.25) is 11.8 Å². The molecule has 1 N–H and O–H groups in total. The van der Waals surface area contributed by atoms with Gasteiger partial charge in [-0.25, -0.2) is 0 Å². The fraction of sp³-hybridized carbons (Fsp3) is 0.417. The number of hydrogen-bond acceptors (Lipinski definition) is 7. The molecule has 4 rings (SSSR count). The summed E-state index contributed by atoms with van der Waals surface area (Å²) < 4.78 is 10.6. The lowest BCUT2D eigenvalue weighted by molar-refractivity contribution is -0.139. The Morgan fingerprint density at radius 3 is 2.38 bits per heavy atom. The van der Waals surface area contributed by atoms with Crippen LogP contribution in [0.1, 0.15) is 12.0 Å². The van der Waals surface area contributed by atoms with E-state index in [-0.39, 0.29) is 24.0 Å². The molecule has 0 radical (unpaired) electrons. The second-order valence-corrected chi connectivity index (χ2v) is 8.05. The van der Waals surface area contributed by atoms with E-state index in [2.05, 4.69) is 9.80 Å². The molecule has 0 aromatic heterocycles. The molecule has 32 heavy (non-hydrogen) atoms. The highest BCUT2D eigenvalue weighted by molar-refractivity contribution is 6.05. The third kappa shape index (κ3) is 4.36. The van der Waals surface area contributed by atoms with Crippen molar-refractivity contribution in [2.45, 2.75) is 18.9 Å². The van der Waals surface area contributed by atoms with Crippen molar-refractivity contribution in [1.29, 1.82) is 0 Å². The summed E-state index contributed by atoms with van der Waals surface area (Å²) in [6, 6.07) is 12.5. The number of aromatic hydroxyl groups is 1. The van der Waals surface area contributed by atoms with E-state index in [0.29, 0.717) is 50.6 Å². The van der Waals surface area contributed by atoms with Crippen LogP contribution >= 0.6 is 0 Å². The number of ether oxygens (including phenoxy) is 2. The smallest absolute Gasteiger partial charge is 0.247 e. The number of carbonyl (C=O) groups excluding carboxylic acids is 2. The first kappa shape index (κ1) is 22.0. The Balaban J connectivity index is 1.35. The maximum absolute atomic E-state index is 13.0. The monoisotopic (exact) mass is 439 g/mol. The Hall–Kier alpha value is -3.26. The summed E-state index contributed by atoms with van der Waals surface area (Å²) in [6.07, 6.45) is 0.785. The van der Waals surface area contributed by atoms with Gasteiger partial charge in [0.05, 0.1) is 32.4 Å². The van der Waals surface area contributed by atoms with E-state index in [4.69, 9.17) is 9.47 Å². The zero-order chi connectivity index (χ0) is 22.7. The molecule has 2 aliphatic rings. The number of carbonyl (C=O) groups is 2. The van der Waals surface area contributed by atoms with Gasteiger partial charge in [-0.2, -0.15) is 0 Å². The molecular formula is C24H29N3O5. The summed E-state index contributed by atoms with van der Waals surface area (Å²) in [7, 11) is 3.17. The minimum absolute atomic E-state index is 0.119. The summed E-state index contributed by atoms with van der Waals surface area (Å²) in [6.45, 7) is 3.08. The number of nitrogens with zero attached hydrogens (tertiary/aromatic N) is 3. The normalized spacial score (nSPS) is 19.5. The zero-order valence-electron chi connectivity index (χ0n) is 18.5. The van der Waals surface area contributed by atoms with Crippen molar-refractivity contribution in [3.8, 4) is 17.2 Å². The van der Waals surface area contributed by atoms with Crippen molar-refractivity contribution in [1.82, 2.24) is 9.80 Å². The summed E-state index contributed by atoms with van der Waals surface area (Å²) in [4.78, 5) is 31.2. The Bertz CT molecular complexity index is 987. The topological polar surface area (TPSA) is 82.5 Å². The van der Waals surface area contributed by atoms with Gasteiger partial charge in [0, 0.05) is 32.7 Å². The molecule has 0 bridgehead atoms. The Morgan fingerprint density at radius 1 is 0.969 bits per heavy atom. The van der Waals surface area contributed by atoms with Crippen molar-refractivity contribution in [3.05, 3.63) is 48.0 Å². The molecule has 2 saturated heterocycles. The molecule has 8 heteroatoms. The highest BCUT2D eigenvalue weighted by Crippen LogP contribution is 2.30.